The summed E-state index contributed by atoms with van der Waals surface area (Å²) in [7, 11) is 1.72. The van der Waals surface area contributed by atoms with Gasteiger partial charge in [0.25, 0.3) is 0 Å². The Balaban J connectivity index is 1.23. The van der Waals surface area contributed by atoms with Crippen molar-refractivity contribution in [3.8, 4) is 11.8 Å². The van der Waals surface area contributed by atoms with E-state index < -0.39 is 0 Å². The van der Waals surface area contributed by atoms with Crippen LogP contribution in [0.15, 0.2) is 48.7 Å². The summed E-state index contributed by atoms with van der Waals surface area (Å²) in [5.74, 6) is 1.50. The van der Waals surface area contributed by atoms with E-state index in [4.69, 9.17) is 4.74 Å². The highest BCUT2D eigenvalue weighted by atomic mass is 16.5. The number of anilines is 1. The van der Waals surface area contributed by atoms with E-state index in [9.17, 15) is 5.26 Å². The SMILES string of the molecule is COc1cccc(N2CCN(C3CCC(c4c[nH]c5ccc(C#N)cc45)C3)CC2)c1. The number of H-pyrrole nitrogens is 1. The number of ether oxygens (including phenoxy) is 1. The average Bonchev–Trinajstić information content (AvgIpc) is 3.46. The molecule has 5 rings (SSSR count). The number of fused-ring (bicyclic) bond motifs is 1. The van der Waals surface area contributed by atoms with Gasteiger partial charge in [-0.25, -0.2) is 0 Å². The zero-order valence-corrected chi connectivity index (χ0v) is 17.5. The normalized spacial score (nSPS) is 22.3. The number of aromatic amines is 1. The minimum absolute atomic E-state index is 0.578. The number of piperazine rings is 1. The lowest BCUT2D eigenvalue weighted by atomic mass is 9.96. The monoisotopic (exact) mass is 400 g/mol. The van der Waals surface area contributed by atoms with Crippen molar-refractivity contribution in [2.24, 2.45) is 0 Å². The molecule has 30 heavy (non-hydrogen) atoms. The van der Waals surface area contributed by atoms with Gasteiger partial charge in [0.1, 0.15) is 5.75 Å². The molecule has 0 radical (unpaired) electrons. The summed E-state index contributed by atoms with van der Waals surface area (Å²) in [6, 6.07) is 17.3. The van der Waals surface area contributed by atoms with Crippen LogP contribution in [0.4, 0.5) is 5.69 Å². The van der Waals surface area contributed by atoms with Crippen LogP contribution >= 0.6 is 0 Å². The molecule has 1 saturated heterocycles. The number of benzene rings is 2. The van der Waals surface area contributed by atoms with Crippen LogP contribution in [-0.2, 0) is 0 Å². The highest BCUT2D eigenvalue weighted by molar-refractivity contribution is 5.85. The van der Waals surface area contributed by atoms with Crippen molar-refractivity contribution in [2.45, 2.75) is 31.2 Å². The fourth-order valence-corrected chi connectivity index (χ4v) is 5.27. The summed E-state index contributed by atoms with van der Waals surface area (Å²) < 4.78 is 5.38. The van der Waals surface area contributed by atoms with Gasteiger partial charge in [0.05, 0.1) is 18.7 Å². The Morgan fingerprint density at radius 3 is 2.73 bits per heavy atom. The Bertz CT molecular complexity index is 1070. The number of nitriles is 1. The molecule has 2 heterocycles. The number of aromatic nitrogens is 1. The van der Waals surface area contributed by atoms with Gasteiger partial charge in [-0.1, -0.05) is 6.07 Å². The lowest BCUT2D eigenvalue weighted by Gasteiger charge is -2.39. The lowest BCUT2D eigenvalue weighted by Crippen LogP contribution is -2.49. The van der Waals surface area contributed by atoms with Gasteiger partial charge in [-0.3, -0.25) is 4.90 Å². The molecule has 1 saturated carbocycles. The van der Waals surface area contributed by atoms with Crippen molar-refractivity contribution < 1.29 is 4.74 Å². The van der Waals surface area contributed by atoms with Crippen LogP contribution in [0.2, 0.25) is 0 Å². The Morgan fingerprint density at radius 1 is 1.07 bits per heavy atom. The summed E-state index contributed by atoms with van der Waals surface area (Å²) in [6.45, 7) is 4.35. The van der Waals surface area contributed by atoms with Gasteiger partial charge in [-0.05, 0) is 61.1 Å². The molecule has 5 heteroatoms. The van der Waals surface area contributed by atoms with E-state index in [1.54, 1.807) is 7.11 Å². The second kappa shape index (κ2) is 8.04. The number of rotatable bonds is 4. The predicted molar refractivity (Wildman–Crippen MR) is 120 cm³/mol. The number of hydrogen-bond donors (Lipinski definition) is 1. The van der Waals surface area contributed by atoms with Gasteiger partial charge in [-0.15, -0.1) is 0 Å². The fourth-order valence-electron chi connectivity index (χ4n) is 5.27. The maximum absolute atomic E-state index is 9.26. The Kier molecular flexibility index (Phi) is 5.10. The fraction of sp³-hybridized carbons (Fsp3) is 0.400. The summed E-state index contributed by atoms with van der Waals surface area (Å²) >= 11 is 0. The number of methoxy groups -OCH3 is 1. The van der Waals surface area contributed by atoms with E-state index in [0.717, 1.165) is 43.0 Å². The highest BCUT2D eigenvalue weighted by Gasteiger charge is 2.33. The summed E-state index contributed by atoms with van der Waals surface area (Å²) in [6.07, 6.45) is 5.86. The van der Waals surface area contributed by atoms with Crippen molar-refractivity contribution in [1.82, 2.24) is 9.88 Å². The Labute approximate surface area is 177 Å². The average molecular weight is 401 g/mol. The highest BCUT2D eigenvalue weighted by Crippen LogP contribution is 2.40. The largest absolute Gasteiger partial charge is 0.497 e. The van der Waals surface area contributed by atoms with Crippen molar-refractivity contribution in [1.29, 1.82) is 5.26 Å². The smallest absolute Gasteiger partial charge is 0.120 e. The second-order valence-corrected chi connectivity index (χ2v) is 8.50. The molecule has 2 aromatic carbocycles. The molecule has 2 unspecified atom stereocenters. The molecular weight excluding hydrogens is 372 g/mol. The van der Waals surface area contributed by atoms with E-state index in [0.29, 0.717) is 12.0 Å². The van der Waals surface area contributed by atoms with Gasteiger partial charge in [0, 0.05) is 61.1 Å². The molecule has 1 N–H and O–H groups in total. The van der Waals surface area contributed by atoms with Gasteiger partial charge < -0.3 is 14.6 Å². The molecule has 154 valence electrons. The third-order valence-electron chi connectivity index (χ3n) is 6.94. The van der Waals surface area contributed by atoms with Crippen LogP contribution < -0.4 is 9.64 Å². The standard InChI is InChI=1S/C25H28N4O/c1-30-22-4-2-3-20(15-22)28-9-11-29(12-10-28)21-7-6-19(14-21)24-17-27-25-8-5-18(16-26)13-23(24)25/h2-5,8,13,15,17,19,21,27H,6-7,9-12,14H2,1H3. The van der Waals surface area contributed by atoms with Crippen LogP contribution in [0.25, 0.3) is 10.9 Å². The molecule has 1 aliphatic carbocycles. The van der Waals surface area contributed by atoms with E-state index >= 15 is 0 Å². The molecule has 2 aliphatic rings. The van der Waals surface area contributed by atoms with E-state index in [1.807, 2.05) is 24.3 Å². The number of nitrogens with one attached hydrogen (secondary N) is 1. The number of hydrogen-bond acceptors (Lipinski definition) is 4. The second-order valence-electron chi connectivity index (χ2n) is 8.50. The van der Waals surface area contributed by atoms with Crippen molar-refractivity contribution >= 4 is 16.6 Å². The summed E-state index contributed by atoms with van der Waals surface area (Å²) in [5, 5.41) is 10.5. The first-order valence-electron chi connectivity index (χ1n) is 10.9. The van der Waals surface area contributed by atoms with Crippen LogP contribution in [-0.4, -0.2) is 49.2 Å². The van der Waals surface area contributed by atoms with Gasteiger partial charge in [0.2, 0.25) is 0 Å². The van der Waals surface area contributed by atoms with Crippen LogP contribution in [0.3, 0.4) is 0 Å². The molecule has 5 nitrogen and oxygen atoms in total. The molecule has 3 aromatic rings. The maximum atomic E-state index is 9.26. The van der Waals surface area contributed by atoms with Gasteiger partial charge >= 0.3 is 0 Å². The Hall–Kier alpha value is -2.97. The molecule has 0 amide bonds. The van der Waals surface area contributed by atoms with Crippen molar-refractivity contribution in [3.05, 3.63) is 59.8 Å². The van der Waals surface area contributed by atoms with E-state index in [-0.39, 0.29) is 0 Å². The molecule has 0 spiro atoms. The molecule has 1 aliphatic heterocycles. The maximum Gasteiger partial charge on any atom is 0.120 e. The van der Waals surface area contributed by atoms with Crippen LogP contribution in [0.5, 0.6) is 5.75 Å². The van der Waals surface area contributed by atoms with Gasteiger partial charge in [-0.2, -0.15) is 5.26 Å². The third kappa shape index (κ3) is 3.53. The minimum Gasteiger partial charge on any atom is -0.497 e. The summed E-state index contributed by atoms with van der Waals surface area (Å²) in [4.78, 5) is 8.56. The van der Waals surface area contributed by atoms with Gasteiger partial charge in [0.15, 0.2) is 0 Å². The topological polar surface area (TPSA) is 55.3 Å². The molecular formula is C25H28N4O. The first kappa shape index (κ1) is 19.0. The zero-order chi connectivity index (χ0) is 20.5. The predicted octanol–water partition coefficient (Wildman–Crippen LogP) is 4.51. The lowest BCUT2D eigenvalue weighted by molar-refractivity contribution is 0.186. The first-order chi connectivity index (χ1) is 14.7. The molecule has 1 aromatic heterocycles. The third-order valence-corrected chi connectivity index (χ3v) is 6.94. The minimum atomic E-state index is 0.578. The molecule has 2 atom stereocenters. The Morgan fingerprint density at radius 2 is 1.93 bits per heavy atom. The van der Waals surface area contributed by atoms with E-state index in [2.05, 4.69) is 45.2 Å². The van der Waals surface area contributed by atoms with Crippen molar-refractivity contribution in [2.75, 3.05) is 38.2 Å². The van der Waals surface area contributed by atoms with Crippen LogP contribution in [0, 0.1) is 11.3 Å². The molecule has 0 bridgehead atoms. The van der Waals surface area contributed by atoms with E-state index in [1.165, 1.54) is 35.9 Å². The quantitative estimate of drug-likeness (QED) is 0.700. The summed E-state index contributed by atoms with van der Waals surface area (Å²) in [5.41, 5.74) is 4.52. The molecule has 2 fully saturated rings. The zero-order valence-electron chi connectivity index (χ0n) is 17.5. The number of nitrogens with zero attached hydrogens (tertiary/aromatic N) is 3. The van der Waals surface area contributed by atoms with Crippen molar-refractivity contribution in [3.63, 3.8) is 0 Å². The first-order valence-corrected chi connectivity index (χ1v) is 10.9. The van der Waals surface area contributed by atoms with Crippen LogP contribution in [0.1, 0.15) is 36.3 Å².